The minimum atomic E-state index is -1.50. The first-order valence-electron chi connectivity index (χ1n) is 13.4. The van der Waals surface area contributed by atoms with Gasteiger partial charge in [0.15, 0.2) is 0 Å². The Kier molecular flexibility index (Phi) is 12.2. The second-order valence-corrected chi connectivity index (χ2v) is 10.4. The van der Waals surface area contributed by atoms with E-state index >= 15 is 0 Å². The van der Waals surface area contributed by atoms with Gasteiger partial charge in [-0.2, -0.15) is 0 Å². The number of nitrogens with zero attached hydrogens (tertiary/aromatic N) is 4. The van der Waals surface area contributed by atoms with Crippen LogP contribution in [0.5, 0.6) is 0 Å². The van der Waals surface area contributed by atoms with Crippen molar-refractivity contribution in [1.29, 1.82) is 0 Å². The van der Waals surface area contributed by atoms with E-state index in [1.54, 1.807) is 11.4 Å². The van der Waals surface area contributed by atoms with E-state index in [0.717, 1.165) is 28.9 Å². The normalized spacial score (nSPS) is 16.2. The van der Waals surface area contributed by atoms with Gasteiger partial charge in [0.1, 0.15) is 18.8 Å². The molecule has 1 aromatic heterocycles. The maximum atomic E-state index is 13.3. The molecule has 0 unspecified atom stereocenters. The van der Waals surface area contributed by atoms with Crippen molar-refractivity contribution in [2.45, 2.75) is 89.3 Å². The molecule has 1 aliphatic rings. The summed E-state index contributed by atoms with van der Waals surface area (Å²) in [5, 5.41) is 16.3. The fourth-order valence-corrected chi connectivity index (χ4v) is 5.31. The van der Waals surface area contributed by atoms with Crippen LogP contribution in [0.1, 0.15) is 86.8 Å². The number of cyclic esters (lactones) is 1. The maximum Gasteiger partial charge on any atom is 0.416 e. The largest absolute Gasteiger partial charge is 0.447 e. The van der Waals surface area contributed by atoms with Crippen molar-refractivity contribution in [3.05, 3.63) is 68.2 Å². The summed E-state index contributed by atoms with van der Waals surface area (Å²) in [7, 11) is 0. The first kappa shape index (κ1) is 29.2. The third-order valence-corrected chi connectivity index (χ3v) is 7.54. The number of hydrogen-bond acceptors (Lipinski definition) is 6. The number of aliphatic hydroxyl groups excluding tert-OH is 1. The predicted octanol–water partition coefficient (Wildman–Crippen LogP) is 6.93. The van der Waals surface area contributed by atoms with Gasteiger partial charge in [-0.25, -0.2) is 9.69 Å². The fraction of sp³-hybridized carbons (Fsp3) is 0.517. The molecule has 2 aromatic rings. The molecule has 0 aliphatic carbocycles. The molecule has 202 valence electrons. The molecule has 1 aliphatic heterocycles. The van der Waals surface area contributed by atoms with Gasteiger partial charge in [0.25, 0.3) is 0 Å². The van der Waals surface area contributed by atoms with Gasteiger partial charge in [-0.05, 0) is 30.0 Å². The standard InChI is InChI=1S/C29H36N4O4S/c1-2-3-4-5-6-7-8-9-10-12-17-23-19-25(38-21-23)27(34)26(31-32-30)28(35)33-24(20-37-29(33)36)18-22-15-13-11-14-16-22/h11,13-16,19,21,24,26-27,34H,2-10,18,20H2,1H3/t24-,26+,27+/m1/s1. The van der Waals surface area contributed by atoms with Gasteiger partial charge in [0.2, 0.25) is 5.91 Å². The summed E-state index contributed by atoms with van der Waals surface area (Å²) in [6.45, 7) is 2.26. The van der Waals surface area contributed by atoms with E-state index in [1.807, 2.05) is 30.3 Å². The molecule has 1 saturated heterocycles. The Morgan fingerprint density at radius 1 is 1.21 bits per heavy atom. The molecule has 3 rings (SSSR count). The van der Waals surface area contributed by atoms with Crippen LogP contribution in [-0.4, -0.2) is 40.7 Å². The van der Waals surface area contributed by atoms with Crippen molar-refractivity contribution in [2.75, 3.05) is 6.61 Å². The minimum absolute atomic E-state index is 0.0378. The van der Waals surface area contributed by atoms with E-state index in [4.69, 9.17) is 10.3 Å². The Morgan fingerprint density at radius 2 is 1.92 bits per heavy atom. The number of unbranched alkanes of at least 4 members (excludes halogenated alkanes) is 8. The average Bonchev–Trinajstić information content (AvgIpc) is 3.55. The zero-order valence-corrected chi connectivity index (χ0v) is 22.7. The number of carbonyl (C=O) groups excluding carboxylic acids is 2. The van der Waals surface area contributed by atoms with Crippen molar-refractivity contribution in [3.63, 3.8) is 0 Å². The number of amides is 2. The summed E-state index contributed by atoms with van der Waals surface area (Å²) in [5.41, 5.74) is 10.8. The van der Waals surface area contributed by atoms with E-state index in [9.17, 15) is 14.7 Å². The van der Waals surface area contributed by atoms with Crippen LogP contribution < -0.4 is 0 Å². The fourth-order valence-electron chi connectivity index (χ4n) is 4.45. The van der Waals surface area contributed by atoms with Gasteiger partial charge in [0, 0.05) is 27.2 Å². The van der Waals surface area contributed by atoms with E-state index < -0.39 is 30.2 Å². The molecule has 38 heavy (non-hydrogen) atoms. The number of hydrogen-bond donors (Lipinski definition) is 1. The van der Waals surface area contributed by atoms with Crippen LogP contribution in [0.15, 0.2) is 46.9 Å². The highest BCUT2D eigenvalue weighted by atomic mass is 32.1. The zero-order chi connectivity index (χ0) is 27.2. The van der Waals surface area contributed by atoms with Crippen molar-refractivity contribution < 1.29 is 19.4 Å². The van der Waals surface area contributed by atoms with Crippen LogP contribution in [-0.2, 0) is 16.0 Å². The summed E-state index contributed by atoms with van der Waals surface area (Å²) in [6, 6.07) is 9.07. The van der Waals surface area contributed by atoms with Gasteiger partial charge >= 0.3 is 6.09 Å². The third kappa shape index (κ3) is 8.63. The Bertz CT molecular complexity index is 1150. The maximum absolute atomic E-state index is 13.3. The summed E-state index contributed by atoms with van der Waals surface area (Å²) >= 11 is 1.23. The van der Waals surface area contributed by atoms with Gasteiger partial charge in [-0.3, -0.25) is 4.79 Å². The lowest BCUT2D eigenvalue weighted by Crippen LogP contribution is -2.46. The van der Waals surface area contributed by atoms with Gasteiger partial charge in [-0.15, -0.1) is 11.3 Å². The lowest BCUT2D eigenvalue weighted by atomic mass is 10.0. The summed E-state index contributed by atoms with van der Waals surface area (Å²) in [6.07, 6.45) is 8.98. The molecule has 1 N–H and O–H groups in total. The number of imide groups is 1. The highest BCUT2D eigenvalue weighted by Gasteiger charge is 2.43. The number of ether oxygens (including phenoxy) is 1. The Balaban J connectivity index is 1.57. The SMILES string of the molecule is CCCCCCCCCCC#Cc1csc([C@H](O)[C@H](N=[N+]=[N-])C(=O)N2C(=O)OC[C@H]2Cc2ccccc2)c1. The monoisotopic (exact) mass is 536 g/mol. The van der Waals surface area contributed by atoms with Crippen molar-refractivity contribution in [1.82, 2.24) is 4.90 Å². The summed E-state index contributed by atoms with van der Waals surface area (Å²) in [4.78, 5) is 29.9. The van der Waals surface area contributed by atoms with Crippen LogP contribution in [0.4, 0.5) is 4.79 Å². The van der Waals surface area contributed by atoms with Crippen LogP contribution in [0.3, 0.4) is 0 Å². The number of azide groups is 1. The Labute approximate surface area is 228 Å². The van der Waals surface area contributed by atoms with Crippen LogP contribution in [0.2, 0.25) is 0 Å². The molecular formula is C29H36N4O4S. The molecule has 8 nitrogen and oxygen atoms in total. The quantitative estimate of drug-likeness (QED) is 0.0926. The Hall–Kier alpha value is -3.31. The molecule has 0 spiro atoms. The molecule has 0 bridgehead atoms. The smallest absolute Gasteiger partial charge is 0.416 e. The van der Waals surface area contributed by atoms with Crippen molar-refractivity contribution >= 4 is 23.3 Å². The third-order valence-electron chi connectivity index (χ3n) is 6.54. The van der Waals surface area contributed by atoms with Crippen molar-refractivity contribution in [3.8, 4) is 11.8 Å². The van der Waals surface area contributed by atoms with E-state index in [-0.39, 0.29) is 6.61 Å². The number of carbonyl (C=O) groups is 2. The highest BCUT2D eigenvalue weighted by molar-refractivity contribution is 7.10. The van der Waals surface area contributed by atoms with Crippen LogP contribution in [0, 0.1) is 11.8 Å². The zero-order valence-electron chi connectivity index (χ0n) is 21.9. The van der Waals surface area contributed by atoms with Crippen LogP contribution in [0.25, 0.3) is 10.4 Å². The van der Waals surface area contributed by atoms with E-state index in [1.165, 1.54) is 56.3 Å². The number of rotatable bonds is 14. The predicted molar refractivity (Wildman–Crippen MR) is 148 cm³/mol. The summed E-state index contributed by atoms with van der Waals surface area (Å²) < 4.78 is 5.12. The van der Waals surface area contributed by atoms with Gasteiger partial charge < -0.3 is 9.84 Å². The average molecular weight is 537 g/mol. The number of aliphatic hydroxyl groups is 1. The lowest BCUT2D eigenvalue weighted by molar-refractivity contribution is -0.133. The molecular weight excluding hydrogens is 500 g/mol. The first-order valence-corrected chi connectivity index (χ1v) is 14.3. The van der Waals surface area contributed by atoms with E-state index in [2.05, 4.69) is 28.8 Å². The first-order chi connectivity index (χ1) is 18.5. The molecule has 3 atom stereocenters. The van der Waals surface area contributed by atoms with E-state index in [0.29, 0.717) is 11.3 Å². The second-order valence-electron chi connectivity index (χ2n) is 9.49. The molecule has 9 heteroatoms. The van der Waals surface area contributed by atoms with Crippen molar-refractivity contribution in [2.24, 2.45) is 5.11 Å². The molecule has 2 heterocycles. The molecule has 0 radical (unpaired) electrons. The number of thiophene rings is 1. The van der Waals surface area contributed by atoms with Crippen LogP contribution >= 0.6 is 11.3 Å². The summed E-state index contributed by atoms with van der Waals surface area (Å²) in [5.74, 6) is 5.51. The minimum Gasteiger partial charge on any atom is -0.447 e. The highest BCUT2D eigenvalue weighted by Crippen LogP contribution is 2.29. The molecule has 1 fully saturated rings. The lowest BCUT2D eigenvalue weighted by Gasteiger charge is -2.24. The second kappa shape index (κ2) is 15.8. The molecule has 2 amide bonds. The molecule has 0 saturated carbocycles. The van der Waals surface area contributed by atoms with Gasteiger partial charge in [-0.1, -0.05) is 99.2 Å². The van der Waals surface area contributed by atoms with Gasteiger partial charge in [0.05, 0.1) is 6.04 Å². The molecule has 1 aromatic carbocycles. The Morgan fingerprint density at radius 3 is 2.63 bits per heavy atom. The topological polar surface area (TPSA) is 116 Å². The number of benzene rings is 1.